The minimum Gasteiger partial charge on any atom is -0.406 e. The first-order valence-corrected chi connectivity index (χ1v) is 11.8. The molecule has 2 aliphatic rings. The van der Waals surface area contributed by atoms with E-state index in [0.717, 1.165) is 61.0 Å². The molecule has 2 saturated heterocycles. The molecule has 2 aliphatic heterocycles. The van der Waals surface area contributed by atoms with Crippen molar-refractivity contribution in [1.29, 1.82) is 0 Å². The van der Waals surface area contributed by atoms with Crippen LogP contribution >= 0.6 is 0 Å². The summed E-state index contributed by atoms with van der Waals surface area (Å²) in [5, 5.41) is 9.74. The molecule has 5 nitrogen and oxygen atoms in total. The van der Waals surface area contributed by atoms with Gasteiger partial charge in [0.15, 0.2) is 0 Å². The van der Waals surface area contributed by atoms with Crippen molar-refractivity contribution in [3.05, 3.63) is 53.1 Å². The fourth-order valence-corrected chi connectivity index (χ4v) is 5.16. The minimum absolute atomic E-state index is 0.0305. The molecule has 1 amide bonds. The molecule has 2 fully saturated rings. The van der Waals surface area contributed by atoms with Gasteiger partial charge in [-0.25, -0.2) is 0 Å². The van der Waals surface area contributed by atoms with Crippen LogP contribution in [-0.2, 0) is 0 Å². The summed E-state index contributed by atoms with van der Waals surface area (Å²) in [6.45, 7) is 7.06. The Balaban J connectivity index is 1.42. The Hall–Kier alpha value is -2.58. The number of hydrogen-bond acceptors (Lipinski definition) is 4. The topological polar surface area (TPSA) is 53.0 Å². The van der Waals surface area contributed by atoms with Crippen molar-refractivity contribution in [2.45, 2.75) is 58.0 Å². The van der Waals surface area contributed by atoms with Crippen LogP contribution in [0.15, 0.2) is 36.4 Å². The maximum Gasteiger partial charge on any atom is 0.573 e. The molecule has 2 aromatic carbocycles. The number of likely N-dealkylation sites (tertiary alicyclic amines) is 2. The molecule has 0 radical (unpaired) electrons. The van der Waals surface area contributed by atoms with Gasteiger partial charge in [0.2, 0.25) is 0 Å². The highest BCUT2D eigenvalue weighted by Gasteiger charge is 2.32. The zero-order chi connectivity index (χ0) is 24.5. The van der Waals surface area contributed by atoms with E-state index in [9.17, 15) is 23.1 Å². The number of carbonyl (C=O) groups is 1. The maximum absolute atomic E-state index is 13.3. The number of piperidine rings is 2. The Labute approximate surface area is 198 Å². The van der Waals surface area contributed by atoms with Gasteiger partial charge < -0.3 is 19.6 Å². The van der Waals surface area contributed by atoms with Crippen molar-refractivity contribution in [2.75, 3.05) is 26.2 Å². The molecule has 34 heavy (non-hydrogen) atoms. The number of halogens is 3. The zero-order valence-corrected chi connectivity index (χ0v) is 19.6. The predicted molar refractivity (Wildman–Crippen MR) is 124 cm³/mol. The highest BCUT2D eigenvalue weighted by Crippen LogP contribution is 2.30. The first-order valence-electron chi connectivity index (χ1n) is 11.8. The second-order valence-corrected chi connectivity index (χ2v) is 9.35. The number of alkyl halides is 3. The molecule has 0 spiro atoms. The molecule has 0 bridgehead atoms. The molecular formula is C26H31F3N2O3. The Morgan fingerprint density at radius 2 is 1.47 bits per heavy atom. The number of aryl methyl sites for hydroxylation is 2. The van der Waals surface area contributed by atoms with Gasteiger partial charge in [0.25, 0.3) is 5.91 Å². The van der Waals surface area contributed by atoms with Crippen molar-refractivity contribution < 1.29 is 27.8 Å². The van der Waals surface area contributed by atoms with Crippen LogP contribution in [0.5, 0.6) is 5.75 Å². The first kappa shape index (κ1) is 24.5. The minimum atomic E-state index is -4.72. The van der Waals surface area contributed by atoms with Gasteiger partial charge in [0, 0.05) is 37.8 Å². The Morgan fingerprint density at radius 3 is 2.00 bits per heavy atom. The van der Waals surface area contributed by atoms with Crippen LogP contribution in [-0.4, -0.2) is 65.5 Å². The summed E-state index contributed by atoms with van der Waals surface area (Å²) in [5.41, 5.74) is 3.99. The van der Waals surface area contributed by atoms with Gasteiger partial charge in [-0.05, 0) is 73.9 Å². The number of ether oxygens (including phenoxy) is 1. The van der Waals surface area contributed by atoms with Crippen molar-refractivity contribution in [3.63, 3.8) is 0 Å². The number of aliphatic hydroxyl groups excluding tert-OH is 1. The second-order valence-electron chi connectivity index (χ2n) is 9.35. The Morgan fingerprint density at radius 1 is 0.912 bits per heavy atom. The summed E-state index contributed by atoms with van der Waals surface area (Å²) in [6.07, 6.45) is -1.39. The van der Waals surface area contributed by atoms with Crippen LogP contribution < -0.4 is 4.74 Å². The summed E-state index contributed by atoms with van der Waals surface area (Å²) in [7, 11) is 0. The van der Waals surface area contributed by atoms with Crippen molar-refractivity contribution in [1.82, 2.24) is 9.80 Å². The number of benzene rings is 2. The SMILES string of the molecule is Cc1cc(-c2ccc(OC(F)(F)F)cc2)cc(C)c1C(=O)N1CCC(N2CCC(O)CC2)CC1. The largest absolute Gasteiger partial charge is 0.573 e. The lowest BCUT2D eigenvalue weighted by Gasteiger charge is -2.41. The molecule has 0 atom stereocenters. The van der Waals surface area contributed by atoms with Crippen LogP contribution in [0, 0.1) is 13.8 Å². The van der Waals surface area contributed by atoms with E-state index in [1.54, 1.807) is 12.1 Å². The predicted octanol–water partition coefficient (Wildman–Crippen LogP) is 4.93. The van der Waals surface area contributed by atoms with E-state index in [1.807, 2.05) is 30.9 Å². The number of rotatable bonds is 4. The Bertz CT molecular complexity index is 984. The monoisotopic (exact) mass is 476 g/mol. The van der Waals surface area contributed by atoms with Gasteiger partial charge in [-0.1, -0.05) is 24.3 Å². The summed E-state index contributed by atoms with van der Waals surface area (Å²) in [6, 6.07) is 10.0. The lowest BCUT2D eigenvalue weighted by molar-refractivity contribution is -0.274. The third kappa shape index (κ3) is 5.73. The highest BCUT2D eigenvalue weighted by molar-refractivity contribution is 5.98. The van der Waals surface area contributed by atoms with Gasteiger partial charge in [-0.15, -0.1) is 13.2 Å². The molecule has 4 rings (SSSR count). The number of hydrogen-bond donors (Lipinski definition) is 1. The molecule has 0 aliphatic carbocycles. The normalized spacial score (nSPS) is 18.8. The number of amides is 1. The molecule has 8 heteroatoms. The van der Waals surface area contributed by atoms with Crippen molar-refractivity contribution >= 4 is 5.91 Å². The molecule has 2 heterocycles. The summed E-state index contributed by atoms with van der Waals surface area (Å²) in [5.74, 6) is -0.233. The van der Waals surface area contributed by atoms with E-state index < -0.39 is 6.36 Å². The molecule has 2 aromatic rings. The van der Waals surface area contributed by atoms with E-state index in [4.69, 9.17) is 0 Å². The lowest BCUT2D eigenvalue weighted by atomic mass is 9.93. The molecule has 1 N–H and O–H groups in total. The second kappa shape index (κ2) is 9.96. The third-order valence-corrected chi connectivity index (χ3v) is 6.93. The number of aliphatic hydroxyl groups is 1. The molecule has 184 valence electrons. The average molecular weight is 477 g/mol. The van der Waals surface area contributed by atoms with Crippen LogP contribution in [0.1, 0.15) is 47.2 Å². The number of carbonyl (C=O) groups excluding carboxylic acids is 1. The van der Waals surface area contributed by atoms with Crippen LogP contribution in [0.3, 0.4) is 0 Å². The zero-order valence-electron chi connectivity index (χ0n) is 19.6. The standard InChI is InChI=1S/C26H31F3N2O3/c1-17-15-20(19-3-5-23(6-4-19)34-26(27,28)29)16-18(2)24(17)25(33)31-11-7-21(8-12-31)30-13-9-22(32)10-14-30/h3-6,15-16,21-22,32H,7-14H2,1-2H3. The summed E-state index contributed by atoms with van der Waals surface area (Å²) in [4.78, 5) is 17.7. The Kier molecular flexibility index (Phi) is 7.19. The van der Waals surface area contributed by atoms with Crippen molar-refractivity contribution in [2.24, 2.45) is 0 Å². The lowest BCUT2D eigenvalue weighted by Crippen LogP contribution is -2.49. The molecular weight excluding hydrogens is 445 g/mol. The van der Waals surface area contributed by atoms with E-state index in [-0.39, 0.29) is 17.8 Å². The summed E-state index contributed by atoms with van der Waals surface area (Å²) >= 11 is 0. The molecule has 0 unspecified atom stereocenters. The van der Waals surface area contributed by atoms with E-state index in [1.165, 1.54) is 12.1 Å². The third-order valence-electron chi connectivity index (χ3n) is 6.93. The fourth-order valence-electron chi connectivity index (χ4n) is 5.16. The average Bonchev–Trinajstić information content (AvgIpc) is 2.78. The van der Waals surface area contributed by atoms with Crippen LogP contribution in [0.2, 0.25) is 0 Å². The van der Waals surface area contributed by atoms with Crippen LogP contribution in [0.25, 0.3) is 11.1 Å². The molecule has 0 saturated carbocycles. The van der Waals surface area contributed by atoms with E-state index in [0.29, 0.717) is 24.7 Å². The van der Waals surface area contributed by atoms with Gasteiger partial charge in [-0.2, -0.15) is 0 Å². The quantitative estimate of drug-likeness (QED) is 0.680. The van der Waals surface area contributed by atoms with Crippen molar-refractivity contribution in [3.8, 4) is 16.9 Å². The first-order chi connectivity index (χ1) is 16.1. The van der Waals surface area contributed by atoms with E-state index in [2.05, 4.69) is 9.64 Å². The van der Waals surface area contributed by atoms with Crippen LogP contribution in [0.4, 0.5) is 13.2 Å². The van der Waals surface area contributed by atoms with Gasteiger partial charge in [0.1, 0.15) is 5.75 Å². The maximum atomic E-state index is 13.3. The fraction of sp³-hybridized carbons (Fsp3) is 0.500. The highest BCUT2D eigenvalue weighted by atomic mass is 19.4. The van der Waals surface area contributed by atoms with E-state index >= 15 is 0 Å². The summed E-state index contributed by atoms with van der Waals surface area (Å²) < 4.78 is 41.2. The van der Waals surface area contributed by atoms with Gasteiger partial charge in [0.05, 0.1) is 6.10 Å². The molecule has 0 aromatic heterocycles. The smallest absolute Gasteiger partial charge is 0.406 e. The van der Waals surface area contributed by atoms with Gasteiger partial charge in [-0.3, -0.25) is 4.79 Å². The van der Waals surface area contributed by atoms with Gasteiger partial charge >= 0.3 is 6.36 Å². The number of nitrogens with zero attached hydrogens (tertiary/aromatic N) is 2.